The fraction of sp³-hybridized carbons (Fsp3) is 0.235. The number of hydrogen-bond acceptors (Lipinski definition) is 4. The van der Waals surface area contributed by atoms with Crippen LogP contribution < -0.4 is 5.32 Å². The molecule has 3 aromatic rings. The van der Waals surface area contributed by atoms with Gasteiger partial charge in [-0.15, -0.1) is 11.3 Å². The van der Waals surface area contributed by atoms with E-state index in [0.29, 0.717) is 10.6 Å². The number of carbonyl (C=O) groups excluding carboxylic acids is 1. The van der Waals surface area contributed by atoms with Gasteiger partial charge in [0.15, 0.2) is 0 Å². The molecule has 5 nitrogen and oxygen atoms in total. The van der Waals surface area contributed by atoms with Gasteiger partial charge in [-0.05, 0) is 47.8 Å². The summed E-state index contributed by atoms with van der Waals surface area (Å²) in [7, 11) is 0. The highest BCUT2D eigenvalue weighted by Gasteiger charge is 2.17. The average Bonchev–Trinajstić information content (AvgIpc) is 3.14. The molecule has 1 N–H and O–H groups in total. The van der Waals surface area contributed by atoms with Crippen LogP contribution in [0.15, 0.2) is 41.1 Å². The molecule has 1 aromatic carbocycles. The Morgan fingerprint density at radius 2 is 2.17 bits per heavy atom. The number of nitrogens with one attached hydrogen (secondary N) is 1. The van der Waals surface area contributed by atoms with Crippen LogP contribution in [0, 0.1) is 6.92 Å². The third-order valence-electron chi connectivity index (χ3n) is 3.46. The second-order valence-electron chi connectivity index (χ2n) is 5.35. The zero-order valence-electron chi connectivity index (χ0n) is 13.4. The highest BCUT2D eigenvalue weighted by molar-refractivity contribution is 9.10. The van der Waals surface area contributed by atoms with Gasteiger partial charge >= 0.3 is 0 Å². The quantitative estimate of drug-likeness (QED) is 0.675. The molecule has 2 heterocycles. The van der Waals surface area contributed by atoms with Crippen LogP contribution >= 0.6 is 27.3 Å². The van der Waals surface area contributed by atoms with Crippen LogP contribution in [0.4, 0.5) is 5.69 Å². The van der Waals surface area contributed by atoms with E-state index >= 15 is 0 Å². The molecule has 24 heavy (non-hydrogen) atoms. The number of para-hydroxylation sites is 2. The van der Waals surface area contributed by atoms with E-state index in [9.17, 15) is 4.79 Å². The highest BCUT2D eigenvalue weighted by Crippen LogP contribution is 2.24. The predicted octanol–water partition coefficient (Wildman–Crippen LogP) is 4.60. The molecule has 124 valence electrons. The second-order valence-corrected chi connectivity index (χ2v) is 7.35. The van der Waals surface area contributed by atoms with Crippen LogP contribution in [0.25, 0.3) is 5.69 Å². The van der Waals surface area contributed by atoms with Crippen molar-refractivity contribution in [1.82, 2.24) is 14.8 Å². The van der Waals surface area contributed by atoms with Crippen LogP contribution in [-0.4, -0.2) is 20.7 Å². The monoisotopic (exact) mass is 404 g/mol. The van der Waals surface area contributed by atoms with E-state index in [1.54, 1.807) is 10.9 Å². The van der Waals surface area contributed by atoms with Crippen molar-refractivity contribution in [2.24, 2.45) is 0 Å². The summed E-state index contributed by atoms with van der Waals surface area (Å²) in [6.07, 6.45) is 5.48. The van der Waals surface area contributed by atoms with Gasteiger partial charge in [0, 0.05) is 6.20 Å². The van der Waals surface area contributed by atoms with Gasteiger partial charge in [-0.3, -0.25) is 4.79 Å². The summed E-state index contributed by atoms with van der Waals surface area (Å²) in [6.45, 7) is 3.98. The molecule has 2 aromatic heterocycles. The molecule has 0 saturated carbocycles. The first kappa shape index (κ1) is 16.9. The van der Waals surface area contributed by atoms with Crippen LogP contribution in [0.5, 0.6) is 0 Å². The third kappa shape index (κ3) is 3.57. The molecule has 0 fully saturated rings. The van der Waals surface area contributed by atoms with Gasteiger partial charge in [0.1, 0.15) is 4.88 Å². The summed E-state index contributed by atoms with van der Waals surface area (Å²) in [5.41, 5.74) is 2.30. The summed E-state index contributed by atoms with van der Waals surface area (Å²) >= 11 is 4.86. The number of aryl methyl sites for hydroxylation is 2. The van der Waals surface area contributed by atoms with E-state index in [1.807, 2.05) is 37.4 Å². The van der Waals surface area contributed by atoms with Gasteiger partial charge in [0.05, 0.1) is 32.7 Å². The van der Waals surface area contributed by atoms with Crippen molar-refractivity contribution < 1.29 is 4.79 Å². The zero-order valence-corrected chi connectivity index (χ0v) is 15.8. The molecule has 0 atom stereocenters. The van der Waals surface area contributed by atoms with Crippen molar-refractivity contribution in [3.63, 3.8) is 0 Å². The van der Waals surface area contributed by atoms with Gasteiger partial charge in [-0.2, -0.15) is 5.10 Å². The molecule has 0 aliphatic rings. The molecule has 0 saturated heterocycles. The summed E-state index contributed by atoms with van der Waals surface area (Å²) < 4.78 is 2.60. The maximum atomic E-state index is 12.7. The molecule has 7 heteroatoms. The number of anilines is 1. The fourth-order valence-electron chi connectivity index (χ4n) is 2.37. The number of carbonyl (C=O) groups is 1. The normalized spacial score (nSPS) is 10.8. The molecule has 0 unspecified atom stereocenters. The van der Waals surface area contributed by atoms with E-state index in [2.05, 4.69) is 38.3 Å². The summed E-state index contributed by atoms with van der Waals surface area (Å²) in [6, 6.07) is 7.58. The first-order chi connectivity index (χ1) is 11.6. The minimum absolute atomic E-state index is 0.133. The first-order valence-electron chi connectivity index (χ1n) is 7.65. The Balaban J connectivity index is 1.87. The highest BCUT2D eigenvalue weighted by atomic mass is 79.9. The Morgan fingerprint density at radius 3 is 2.88 bits per heavy atom. The van der Waals surface area contributed by atoms with Gasteiger partial charge < -0.3 is 5.32 Å². The standard InChI is InChI=1S/C17H17BrN4OS/c1-3-6-15-20-11(2)16(24-15)17(23)21-13-7-4-5-8-14(13)22-10-12(18)9-19-22/h4-5,7-10H,3,6H2,1-2H3,(H,21,23). The zero-order chi connectivity index (χ0) is 17.1. The van der Waals surface area contributed by atoms with Crippen molar-refractivity contribution >= 4 is 38.9 Å². The lowest BCUT2D eigenvalue weighted by Gasteiger charge is -2.10. The molecular formula is C17H17BrN4OS. The smallest absolute Gasteiger partial charge is 0.267 e. The van der Waals surface area contributed by atoms with Gasteiger partial charge in [0.2, 0.25) is 0 Å². The third-order valence-corrected chi connectivity index (χ3v) is 5.09. The second kappa shape index (κ2) is 7.27. The number of rotatable bonds is 5. The maximum Gasteiger partial charge on any atom is 0.267 e. The summed E-state index contributed by atoms with van der Waals surface area (Å²) in [4.78, 5) is 17.8. The lowest BCUT2D eigenvalue weighted by molar-refractivity contribution is 0.103. The number of amides is 1. The van der Waals surface area contributed by atoms with Crippen LogP contribution in [0.2, 0.25) is 0 Å². The maximum absolute atomic E-state index is 12.7. The number of thiazole rings is 1. The van der Waals surface area contributed by atoms with Crippen molar-refractivity contribution in [2.75, 3.05) is 5.32 Å². The van der Waals surface area contributed by atoms with E-state index in [0.717, 1.165) is 33.7 Å². The van der Waals surface area contributed by atoms with Crippen LogP contribution in [0.3, 0.4) is 0 Å². The number of nitrogens with zero attached hydrogens (tertiary/aromatic N) is 3. The van der Waals surface area contributed by atoms with Gasteiger partial charge in [-0.1, -0.05) is 19.1 Å². The molecule has 0 aliphatic carbocycles. The molecule has 3 rings (SSSR count). The Bertz CT molecular complexity index is 871. The minimum Gasteiger partial charge on any atom is -0.319 e. The Kier molecular flexibility index (Phi) is 5.11. The van der Waals surface area contributed by atoms with Gasteiger partial charge in [-0.25, -0.2) is 9.67 Å². The Morgan fingerprint density at radius 1 is 1.38 bits per heavy atom. The number of hydrogen-bond donors (Lipinski definition) is 1. The van der Waals surface area contributed by atoms with Crippen LogP contribution in [0.1, 0.15) is 33.7 Å². The van der Waals surface area contributed by atoms with E-state index < -0.39 is 0 Å². The topological polar surface area (TPSA) is 59.8 Å². The molecule has 0 aliphatic heterocycles. The molecule has 0 radical (unpaired) electrons. The number of halogens is 1. The van der Waals surface area contributed by atoms with E-state index in [4.69, 9.17) is 0 Å². The number of aromatic nitrogens is 3. The minimum atomic E-state index is -0.133. The lowest BCUT2D eigenvalue weighted by atomic mass is 10.2. The summed E-state index contributed by atoms with van der Waals surface area (Å²) in [5, 5.41) is 8.27. The largest absolute Gasteiger partial charge is 0.319 e. The van der Waals surface area contributed by atoms with Crippen molar-refractivity contribution in [3.8, 4) is 5.69 Å². The van der Waals surface area contributed by atoms with Crippen molar-refractivity contribution in [1.29, 1.82) is 0 Å². The van der Waals surface area contributed by atoms with Crippen molar-refractivity contribution in [3.05, 3.63) is 56.7 Å². The Hall–Kier alpha value is -1.99. The molecular weight excluding hydrogens is 388 g/mol. The number of benzene rings is 1. The van der Waals surface area contributed by atoms with Gasteiger partial charge in [0.25, 0.3) is 5.91 Å². The molecule has 0 spiro atoms. The summed E-state index contributed by atoms with van der Waals surface area (Å²) in [5.74, 6) is -0.133. The van der Waals surface area contributed by atoms with Crippen LogP contribution in [-0.2, 0) is 6.42 Å². The Labute approximate surface area is 152 Å². The lowest BCUT2D eigenvalue weighted by Crippen LogP contribution is -2.13. The van der Waals surface area contributed by atoms with Crippen molar-refractivity contribution in [2.45, 2.75) is 26.7 Å². The fourth-order valence-corrected chi connectivity index (χ4v) is 3.72. The molecule has 1 amide bonds. The SMILES string of the molecule is CCCc1nc(C)c(C(=O)Nc2ccccc2-n2cc(Br)cn2)s1. The average molecular weight is 405 g/mol. The molecule has 0 bridgehead atoms. The predicted molar refractivity (Wildman–Crippen MR) is 100 cm³/mol. The van der Waals surface area contributed by atoms with E-state index in [-0.39, 0.29) is 5.91 Å². The van der Waals surface area contributed by atoms with E-state index in [1.165, 1.54) is 11.3 Å². The first-order valence-corrected chi connectivity index (χ1v) is 9.26.